The number of anilines is 1. The number of carbonyl (C=O) groups excluding carboxylic acids is 1. The first kappa shape index (κ1) is 22.9. The van der Waals surface area contributed by atoms with Crippen molar-refractivity contribution in [1.82, 2.24) is 5.32 Å². The lowest BCUT2D eigenvalue weighted by molar-refractivity contribution is -0.123. The Labute approximate surface area is 191 Å². The molecule has 0 radical (unpaired) electrons. The predicted molar refractivity (Wildman–Crippen MR) is 122 cm³/mol. The molecule has 1 atom stereocenters. The van der Waals surface area contributed by atoms with Crippen LogP contribution in [0.3, 0.4) is 0 Å². The maximum absolute atomic E-state index is 12.5. The first-order chi connectivity index (χ1) is 14.7. The summed E-state index contributed by atoms with van der Waals surface area (Å²) in [4.78, 5) is 12.2. The Kier molecular flexibility index (Phi) is 7.43. The van der Waals surface area contributed by atoms with Crippen molar-refractivity contribution in [3.05, 3.63) is 88.4 Å². The Morgan fingerprint density at radius 1 is 0.903 bits per heavy atom. The summed E-state index contributed by atoms with van der Waals surface area (Å²) < 4.78 is 32.9. The average molecular weight is 479 g/mol. The van der Waals surface area contributed by atoms with E-state index in [2.05, 4.69) is 10.0 Å². The Bertz CT molecular complexity index is 1130. The summed E-state index contributed by atoms with van der Waals surface area (Å²) in [6, 6.07) is 19.1. The summed E-state index contributed by atoms with van der Waals surface area (Å²) in [7, 11) is -3.76. The number of nitrogens with one attached hydrogen (secondary N) is 2. The smallest absolute Gasteiger partial charge is 0.261 e. The van der Waals surface area contributed by atoms with Crippen LogP contribution in [0.2, 0.25) is 10.0 Å². The molecular weight excluding hydrogens is 459 g/mol. The normalized spacial score (nSPS) is 12.1. The molecule has 3 rings (SSSR count). The van der Waals surface area contributed by atoms with Gasteiger partial charge in [0.1, 0.15) is 5.75 Å². The minimum Gasteiger partial charge on any atom is -0.484 e. The third-order valence-corrected chi connectivity index (χ3v) is 6.25. The molecule has 0 saturated heterocycles. The van der Waals surface area contributed by atoms with Crippen LogP contribution in [0, 0.1) is 0 Å². The third kappa shape index (κ3) is 6.62. The van der Waals surface area contributed by atoms with E-state index in [0.717, 1.165) is 5.56 Å². The van der Waals surface area contributed by atoms with Crippen LogP contribution in [0.25, 0.3) is 0 Å². The first-order valence-corrected chi connectivity index (χ1v) is 11.5. The molecule has 0 saturated carbocycles. The molecule has 0 spiro atoms. The molecule has 6 nitrogen and oxygen atoms in total. The molecule has 31 heavy (non-hydrogen) atoms. The van der Waals surface area contributed by atoms with Gasteiger partial charge in [0.25, 0.3) is 15.9 Å². The highest BCUT2D eigenvalue weighted by atomic mass is 35.5. The molecule has 0 aromatic heterocycles. The van der Waals surface area contributed by atoms with Crippen LogP contribution in [0.5, 0.6) is 5.75 Å². The topological polar surface area (TPSA) is 84.5 Å². The minimum absolute atomic E-state index is 0.0654. The van der Waals surface area contributed by atoms with Crippen LogP contribution in [-0.4, -0.2) is 20.9 Å². The number of hydrogen-bond donors (Lipinski definition) is 2. The van der Waals surface area contributed by atoms with E-state index in [1.807, 2.05) is 19.1 Å². The maximum Gasteiger partial charge on any atom is 0.261 e. The van der Waals surface area contributed by atoms with E-state index < -0.39 is 10.0 Å². The van der Waals surface area contributed by atoms with Crippen molar-refractivity contribution in [1.29, 1.82) is 0 Å². The highest BCUT2D eigenvalue weighted by Crippen LogP contribution is 2.21. The summed E-state index contributed by atoms with van der Waals surface area (Å²) >= 11 is 11.7. The fourth-order valence-corrected chi connectivity index (χ4v) is 4.02. The fraction of sp³-hybridized carbons (Fsp3) is 0.136. The molecule has 0 aliphatic rings. The van der Waals surface area contributed by atoms with Crippen molar-refractivity contribution in [3.63, 3.8) is 0 Å². The monoisotopic (exact) mass is 478 g/mol. The van der Waals surface area contributed by atoms with Gasteiger partial charge >= 0.3 is 0 Å². The maximum atomic E-state index is 12.5. The van der Waals surface area contributed by atoms with Gasteiger partial charge in [-0.05, 0) is 73.2 Å². The van der Waals surface area contributed by atoms with E-state index in [1.165, 1.54) is 24.3 Å². The molecule has 3 aromatic carbocycles. The van der Waals surface area contributed by atoms with Gasteiger partial charge in [-0.15, -0.1) is 0 Å². The van der Waals surface area contributed by atoms with Gasteiger partial charge in [-0.2, -0.15) is 0 Å². The summed E-state index contributed by atoms with van der Waals surface area (Å²) in [5.74, 6) is 0.0725. The number of halogens is 2. The minimum atomic E-state index is -3.76. The van der Waals surface area contributed by atoms with Gasteiger partial charge in [-0.25, -0.2) is 8.42 Å². The summed E-state index contributed by atoms with van der Waals surface area (Å²) in [6.45, 7) is 1.65. The van der Waals surface area contributed by atoms with Crippen LogP contribution in [0.4, 0.5) is 5.69 Å². The lowest BCUT2D eigenvalue weighted by atomic mass is 10.1. The van der Waals surface area contributed by atoms with Crippen molar-refractivity contribution >= 4 is 44.8 Å². The second kappa shape index (κ2) is 10.0. The Morgan fingerprint density at radius 3 is 2.03 bits per heavy atom. The number of amides is 1. The van der Waals surface area contributed by atoms with E-state index in [0.29, 0.717) is 21.5 Å². The van der Waals surface area contributed by atoms with Crippen LogP contribution < -0.4 is 14.8 Å². The number of sulfonamides is 1. The Hall–Kier alpha value is -2.74. The molecule has 0 fully saturated rings. The van der Waals surface area contributed by atoms with Gasteiger partial charge in [-0.1, -0.05) is 35.3 Å². The highest BCUT2D eigenvalue weighted by Gasteiger charge is 2.15. The molecule has 2 N–H and O–H groups in total. The van der Waals surface area contributed by atoms with E-state index in [-0.39, 0.29) is 23.5 Å². The number of benzene rings is 3. The summed E-state index contributed by atoms with van der Waals surface area (Å²) in [5, 5.41) is 3.97. The van der Waals surface area contributed by atoms with Crippen molar-refractivity contribution in [2.75, 3.05) is 11.3 Å². The quantitative estimate of drug-likeness (QED) is 0.474. The van der Waals surface area contributed by atoms with Gasteiger partial charge in [0.05, 0.1) is 10.9 Å². The van der Waals surface area contributed by atoms with Gasteiger partial charge < -0.3 is 10.1 Å². The van der Waals surface area contributed by atoms with E-state index >= 15 is 0 Å². The summed E-state index contributed by atoms with van der Waals surface area (Å²) in [6.07, 6.45) is 0. The second-order valence-electron chi connectivity index (χ2n) is 6.71. The van der Waals surface area contributed by atoms with Gasteiger partial charge in [0.15, 0.2) is 6.61 Å². The molecular formula is C22H20Cl2N2O4S. The largest absolute Gasteiger partial charge is 0.484 e. The first-order valence-electron chi connectivity index (χ1n) is 9.29. The molecule has 0 bridgehead atoms. The molecule has 0 heterocycles. The van der Waals surface area contributed by atoms with E-state index in [9.17, 15) is 13.2 Å². The van der Waals surface area contributed by atoms with E-state index in [4.69, 9.17) is 27.9 Å². The standard InChI is InChI=1S/C22H20Cl2N2O4S/c1-15(16-2-4-17(23)5-3-16)25-22(27)14-30-20-10-12-21(13-11-20)31(28,29)26-19-8-6-18(24)7-9-19/h2-13,15,26H,14H2,1H3,(H,25,27)/t15-/m1/s1. The zero-order valence-electron chi connectivity index (χ0n) is 16.5. The molecule has 0 aliphatic heterocycles. The molecule has 1 amide bonds. The number of carbonyl (C=O) groups is 1. The molecule has 162 valence electrons. The lowest BCUT2D eigenvalue weighted by Gasteiger charge is -2.15. The molecule has 3 aromatic rings. The van der Waals surface area contributed by atoms with Gasteiger partial charge in [-0.3, -0.25) is 9.52 Å². The molecule has 0 unspecified atom stereocenters. The van der Waals surface area contributed by atoms with Crippen molar-refractivity contribution in [3.8, 4) is 5.75 Å². The van der Waals surface area contributed by atoms with Gasteiger partial charge in [0.2, 0.25) is 0 Å². The van der Waals surface area contributed by atoms with Crippen LogP contribution in [0.1, 0.15) is 18.5 Å². The third-order valence-electron chi connectivity index (χ3n) is 4.35. The van der Waals surface area contributed by atoms with Crippen LogP contribution in [-0.2, 0) is 14.8 Å². The number of ether oxygens (including phenoxy) is 1. The summed E-state index contributed by atoms with van der Waals surface area (Å²) in [5.41, 5.74) is 1.32. The average Bonchev–Trinajstić information content (AvgIpc) is 2.74. The van der Waals surface area contributed by atoms with Crippen molar-refractivity contribution in [2.24, 2.45) is 0 Å². The highest BCUT2D eigenvalue weighted by molar-refractivity contribution is 7.92. The zero-order valence-corrected chi connectivity index (χ0v) is 18.8. The van der Waals surface area contributed by atoms with Crippen molar-refractivity contribution in [2.45, 2.75) is 17.9 Å². The van der Waals surface area contributed by atoms with Crippen molar-refractivity contribution < 1.29 is 17.9 Å². The Balaban J connectivity index is 1.54. The predicted octanol–water partition coefficient (Wildman–Crippen LogP) is 5.05. The molecule has 9 heteroatoms. The van der Waals surface area contributed by atoms with E-state index in [1.54, 1.807) is 36.4 Å². The SMILES string of the molecule is C[C@@H](NC(=O)COc1ccc(S(=O)(=O)Nc2ccc(Cl)cc2)cc1)c1ccc(Cl)cc1. The van der Waals surface area contributed by atoms with Gasteiger partial charge in [0, 0.05) is 15.7 Å². The number of rotatable bonds is 8. The van der Waals surface area contributed by atoms with Crippen LogP contribution >= 0.6 is 23.2 Å². The zero-order chi connectivity index (χ0) is 22.4. The van der Waals surface area contributed by atoms with Crippen LogP contribution in [0.15, 0.2) is 77.7 Å². The lowest BCUT2D eigenvalue weighted by Crippen LogP contribution is -2.31. The fourth-order valence-electron chi connectivity index (χ4n) is 2.71. The second-order valence-corrected chi connectivity index (χ2v) is 9.27. The Morgan fingerprint density at radius 2 is 1.45 bits per heavy atom. The molecule has 0 aliphatic carbocycles. The number of hydrogen-bond acceptors (Lipinski definition) is 4.